The fraction of sp³-hybridized carbons (Fsp3) is 0.0400. The fourth-order valence-electron chi connectivity index (χ4n) is 9.32. The molecule has 1 aliphatic rings. The van der Waals surface area contributed by atoms with Crippen LogP contribution >= 0.6 is 0 Å². The van der Waals surface area contributed by atoms with E-state index in [-0.39, 0.29) is 6.85 Å². The van der Waals surface area contributed by atoms with Crippen LogP contribution in [0.4, 0.5) is 11.4 Å². The highest BCUT2D eigenvalue weighted by molar-refractivity contribution is 6.91. The average molecular weight is 690 g/mol. The zero-order chi connectivity index (χ0) is 35.9. The molecule has 0 saturated carbocycles. The van der Waals surface area contributed by atoms with Crippen molar-refractivity contribution in [2.45, 2.75) is 13.8 Å². The van der Waals surface area contributed by atoms with Crippen molar-refractivity contribution in [2.75, 3.05) is 4.81 Å². The number of benzene rings is 8. The quantitative estimate of drug-likeness (QED) is 0.168. The molecule has 0 spiro atoms. The number of anilines is 2. The van der Waals surface area contributed by atoms with Crippen molar-refractivity contribution in [2.24, 2.45) is 0 Å². The summed E-state index contributed by atoms with van der Waals surface area (Å²) in [7, 11) is 0. The first-order valence-corrected chi connectivity index (χ1v) is 18.8. The maximum absolute atomic E-state index is 2.61. The van der Waals surface area contributed by atoms with Crippen molar-refractivity contribution in [3.05, 3.63) is 193 Å². The molecule has 11 rings (SSSR count). The van der Waals surface area contributed by atoms with Crippen LogP contribution in [0.5, 0.6) is 0 Å². The van der Waals surface area contributed by atoms with Gasteiger partial charge in [0.25, 0.3) is 0 Å². The molecule has 0 radical (unpaired) electrons. The Labute approximate surface area is 315 Å². The second-order valence-electron chi connectivity index (χ2n) is 14.6. The van der Waals surface area contributed by atoms with Crippen LogP contribution in [0.3, 0.4) is 0 Å². The molecule has 0 unspecified atom stereocenters. The molecular weight excluding hydrogens is 653 g/mol. The van der Waals surface area contributed by atoms with Crippen LogP contribution < -0.4 is 15.7 Å². The molecule has 0 fully saturated rings. The van der Waals surface area contributed by atoms with Gasteiger partial charge in [0.05, 0.1) is 22.1 Å². The molecule has 2 aromatic heterocycles. The number of hydrogen-bond donors (Lipinski definition) is 0. The lowest BCUT2D eigenvalue weighted by Crippen LogP contribution is -2.59. The van der Waals surface area contributed by atoms with Gasteiger partial charge in [-0.15, -0.1) is 0 Å². The second-order valence-corrected chi connectivity index (χ2v) is 14.6. The molecule has 0 aliphatic carbocycles. The van der Waals surface area contributed by atoms with E-state index < -0.39 is 0 Å². The molecule has 10 aromatic rings. The number of rotatable bonds is 4. The summed E-state index contributed by atoms with van der Waals surface area (Å²) in [6.07, 6.45) is 0. The summed E-state index contributed by atoms with van der Waals surface area (Å²) in [6.45, 7) is 4.47. The highest BCUT2D eigenvalue weighted by Gasteiger charge is 2.40. The van der Waals surface area contributed by atoms with Gasteiger partial charge < -0.3 is 13.9 Å². The lowest BCUT2D eigenvalue weighted by molar-refractivity contribution is 1.18. The Morgan fingerprint density at radius 2 is 0.833 bits per heavy atom. The maximum atomic E-state index is 2.61. The molecule has 4 heteroatoms. The third-order valence-electron chi connectivity index (χ3n) is 11.6. The van der Waals surface area contributed by atoms with E-state index in [2.05, 4.69) is 210 Å². The Bertz CT molecular complexity index is 3050. The molecule has 54 heavy (non-hydrogen) atoms. The van der Waals surface area contributed by atoms with E-state index in [9.17, 15) is 0 Å². The van der Waals surface area contributed by atoms with Crippen LogP contribution in [0.15, 0.2) is 182 Å². The van der Waals surface area contributed by atoms with Gasteiger partial charge >= 0.3 is 6.85 Å². The maximum Gasteiger partial charge on any atom is 0.329 e. The highest BCUT2D eigenvalue weighted by Crippen LogP contribution is 2.46. The Kier molecular flexibility index (Phi) is 6.78. The van der Waals surface area contributed by atoms with Gasteiger partial charge in [-0.1, -0.05) is 120 Å². The molecular formula is C50H36BN3. The minimum absolute atomic E-state index is 0.0743. The number of aryl methyl sites for hydroxylation is 2. The van der Waals surface area contributed by atoms with E-state index in [0.717, 1.165) is 5.69 Å². The summed E-state index contributed by atoms with van der Waals surface area (Å²) in [4.78, 5) is 2.61. The molecule has 254 valence electrons. The molecule has 0 saturated heterocycles. The van der Waals surface area contributed by atoms with Crippen LogP contribution in [0.25, 0.3) is 66.1 Å². The number of para-hydroxylation sites is 5. The molecule has 0 amide bonds. The van der Waals surface area contributed by atoms with Gasteiger partial charge in [0.1, 0.15) is 0 Å². The van der Waals surface area contributed by atoms with Crippen molar-refractivity contribution in [1.82, 2.24) is 9.13 Å². The van der Waals surface area contributed by atoms with Crippen LogP contribution in [0.1, 0.15) is 11.1 Å². The van der Waals surface area contributed by atoms with Crippen LogP contribution in [0, 0.1) is 13.8 Å². The normalized spacial score (nSPS) is 12.6. The van der Waals surface area contributed by atoms with Crippen molar-refractivity contribution in [3.63, 3.8) is 0 Å². The molecule has 0 N–H and O–H groups in total. The van der Waals surface area contributed by atoms with Crippen molar-refractivity contribution < 1.29 is 0 Å². The molecule has 0 bridgehead atoms. The largest absolute Gasteiger partial charge is 0.376 e. The lowest BCUT2D eigenvalue weighted by atomic mass is 9.44. The van der Waals surface area contributed by atoms with Gasteiger partial charge in [-0.25, -0.2) is 0 Å². The Morgan fingerprint density at radius 1 is 0.370 bits per heavy atom. The molecule has 8 aromatic carbocycles. The van der Waals surface area contributed by atoms with Crippen LogP contribution in [-0.2, 0) is 0 Å². The first-order chi connectivity index (χ1) is 26.7. The lowest BCUT2D eigenvalue weighted by Gasteiger charge is -2.40. The minimum Gasteiger partial charge on any atom is -0.376 e. The first-order valence-electron chi connectivity index (χ1n) is 18.8. The predicted octanol–water partition coefficient (Wildman–Crippen LogP) is 11.4. The van der Waals surface area contributed by atoms with Gasteiger partial charge in [0.15, 0.2) is 0 Å². The van der Waals surface area contributed by atoms with E-state index in [1.807, 2.05) is 0 Å². The molecule has 0 atom stereocenters. The number of hydrogen-bond acceptors (Lipinski definition) is 1. The summed E-state index contributed by atoms with van der Waals surface area (Å²) in [5.74, 6) is 0. The first kappa shape index (κ1) is 30.8. The van der Waals surface area contributed by atoms with E-state index >= 15 is 0 Å². The SMILES string of the molecule is Cc1cccc(C)c1B1c2cc3c(cc2-c2cc4c5ccccc5n(-c5ccccc5)c4cc2N1c1ccccc1)c1ccccc1n3-c1ccccc1. The van der Waals surface area contributed by atoms with Crippen LogP contribution in [-0.4, -0.2) is 16.0 Å². The summed E-state index contributed by atoms with van der Waals surface area (Å²) < 4.78 is 4.89. The predicted molar refractivity (Wildman–Crippen MR) is 230 cm³/mol. The number of aromatic nitrogens is 2. The Morgan fingerprint density at radius 3 is 1.39 bits per heavy atom. The summed E-state index contributed by atoms with van der Waals surface area (Å²) in [6, 6.07) is 67.0. The number of nitrogens with zero attached hydrogens (tertiary/aromatic N) is 3. The monoisotopic (exact) mass is 689 g/mol. The zero-order valence-corrected chi connectivity index (χ0v) is 30.2. The van der Waals surface area contributed by atoms with E-state index in [0.29, 0.717) is 0 Å². The fourth-order valence-corrected chi connectivity index (χ4v) is 9.32. The minimum atomic E-state index is -0.0743. The van der Waals surface area contributed by atoms with Gasteiger partial charge in [0, 0.05) is 49.9 Å². The summed E-state index contributed by atoms with van der Waals surface area (Å²) in [5.41, 5.74) is 17.3. The summed E-state index contributed by atoms with van der Waals surface area (Å²) in [5, 5.41) is 5.03. The van der Waals surface area contributed by atoms with E-state index in [4.69, 9.17) is 0 Å². The van der Waals surface area contributed by atoms with Gasteiger partial charge in [-0.2, -0.15) is 0 Å². The molecule has 3 nitrogen and oxygen atoms in total. The van der Waals surface area contributed by atoms with Gasteiger partial charge in [0.2, 0.25) is 0 Å². The highest BCUT2D eigenvalue weighted by atomic mass is 15.1. The topological polar surface area (TPSA) is 13.1 Å². The third kappa shape index (κ3) is 4.43. The zero-order valence-electron chi connectivity index (χ0n) is 30.2. The standard InChI is InChI=1S/C50H36BN3/c1-33-17-16-18-34(2)50(33)51-44-31-47-41(38-25-12-14-27-45(38)52(47)35-19-6-3-7-20-35)29-40(44)43-30-42-39-26-13-15-28-46(39)53(36-21-8-4-9-22-36)48(42)32-49(43)54(51)37-23-10-5-11-24-37/h3-32H,1-2H3. The Hall–Kier alpha value is -6.78. The van der Waals surface area contributed by atoms with Crippen LogP contribution in [0.2, 0.25) is 0 Å². The number of fused-ring (bicyclic) bond motifs is 9. The van der Waals surface area contributed by atoms with Gasteiger partial charge in [-0.3, -0.25) is 0 Å². The smallest absolute Gasteiger partial charge is 0.329 e. The molecule has 3 heterocycles. The summed E-state index contributed by atoms with van der Waals surface area (Å²) >= 11 is 0. The van der Waals surface area contributed by atoms with E-state index in [1.165, 1.54) is 93.9 Å². The van der Waals surface area contributed by atoms with Crippen molar-refractivity contribution in [1.29, 1.82) is 0 Å². The van der Waals surface area contributed by atoms with Crippen molar-refractivity contribution >= 4 is 72.8 Å². The Balaban J connectivity index is 1.33. The average Bonchev–Trinajstić information content (AvgIpc) is 3.72. The van der Waals surface area contributed by atoms with Gasteiger partial charge in [-0.05, 0) is 103 Å². The van der Waals surface area contributed by atoms with Crippen molar-refractivity contribution in [3.8, 4) is 22.5 Å². The third-order valence-corrected chi connectivity index (χ3v) is 11.6. The second kappa shape index (κ2) is 11.9. The van der Waals surface area contributed by atoms with E-state index in [1.54, 1.807) is 0 Å². The molecule has 1 aliphatic heterocycles.